The summed E-state index contributed by atoms with van der Waals surface area (Å²) in [6.07, 6.45) is 1.63. The molecule has 0 bridgehead atoms. The van der Waals surface area contributed by atoms with E-state index in [0.29, 0.717) is 18.7 Å². The molecule has 1 aliphatic heterocycles. The van der Waals surface area contributed by atoms with Crippen molar-refractivity contribution < 1.29 is 9.32 Å². The van der Waals surface area contributed by atoms with Gasteiger partial charge in [-0.05, 0) is 19.9 Å². The van der Waals surface area contributed by atoms with E-state index in [-0.39, 0.29) is 11.5 Å². The van der Waals surface area contributed by atoms with Crippen LogP contribution in [0.4, 0.5) is 0 Å². The van der Waals surface area contributed by atoms with E-state index >= 15 is 0 Å². The molecule has 0 saturated carbocycles. The van der Waals surface area contributed by atoms with Crippen molar-refractivity contribution in [2.45, 2.75) is 20.4 Å². The van der Waals surface area contributed by atoms with Crippen molar-refractivity contribution in [2.75, 3.05) is 26.2 Å². The minimum Gasteiger partial charge on any atom is -0.361 e. The van der Waals surface area contributed by atoms with Crippen molar-refractivity contribution in [1.82, 2.24) is 19.5 Å². The van der Waals surface area contributed by atoms with Crippen molar-refractivity contribution in [3.05, 3.63) is 51.3 Å². The highest BCUT2D eigenvalue weighted by molar-refractivity contribution is 5.94. The average molecular weight is 330 g/mol. The first-order valence-electron chi connectivity index (χ1n) is 8.06. The monoisotopic (exact) mass is 330 g/mol. The molecule has 3 heterocycles. The van der Waals surface area contributed by atoms with Crippen molar-refractivity contribution in [3.63, 3.8) is 0 Å². The highest BCUT2D eigenvalue weighted by Crippen LogP contribution is 2.16. The molecule has 24 heavy (non-hydrogen) atoms. The number of nitrogens with zero attached hydrogens (tertiary/aromatic N) is 4. The lowest BCUT2D eigenvalue weighted by atomic mass is 10.1. The molecule has 3 rings (SSSR count). The van der Waals surface area contributed by atoms with Gasteiger partial charge in [0, 0.05) is 63.2 Å². The highest BCUT2D eigenvalue weighted by atomic mass is 16.5. The molecule has 7 nitrogen and oxygen atoms in total. The van der Waals surface area contributed by atoms with Crippen molar-refractivity contribution in [2.24, 2.45) is 7.05 Å². The summed E-state index contributed by atoms with van der Waals surface area (Å²) in [6.45, 7) is 7.54. The quantitative estimate of drug-likeness (QED) is 0.838. The van der Waals surface area contributed by atoms with E-state index in [1.54, 1.807) is 24.2 Å². The molecular formula is C17H22N4O3. The Bertz CT molecular complexity index is 781. The fourth-order valence-electron chi connectivity index (χ4n) is 2.92. The smallest absolute Gasteiger partial charge is 0.254 e. The molecule has 0 aromatic carbocycles. The lowest BCUT2D eigenvalue weighted by Gasteiger charge is -2.34. The van der Waals surface area contributed by atoms with E-state index in [1.807, 2.05) is 13.8 Å². The van der Waals surface area contributed by atoms with Crippen molar-refractivity contribution in [3.8, 4) is 0 Å². The molecule has 0 unspecified atom stereocenters. The third kappa shape index (κ3) is 3.26. The second-order valence-corrected chi connectivity index (χ2v) is 6.24. The molecule has 1 saturated heterocycles. The highest BCUT2D eigenvalue weighted by Gasteiger charge is 2.23. The van der Waals surface area contributed by atoms with Gasteiger partial charge < -0.3 is 14.0 Å². The van der Waals surface area contributed by atoms with Gasteiger partial charge >= 0.3 is 0 Å². The Morgan fingerprint density at radius 1 is 1.25 bits per heavy atom. The summed E-state index contributed by atoms with van der Waals surface area (Å²) in [4.78, 5) is 28.3. The number of amides is 1. The Morgan fingerprint density at radius 3 is 2.54 bits per heavy atom. The third-order valence-corrected chi connectivity index (χ3v) is 4.57. The SMILES string of the molecule is Cc1noc(C)c1CN1CCN(C(=O)c2ccn(C)c(=O)c2)CC1. The molecule has 128 valence electrons. The zero-order valence-electron chi connectivity index (χ0n) is 14.3. The maximum absolute atomic E-state index is 12.5. The number of rotatable bonds is 3. The molecule has 2 aromatic rings. The summed E-state index contributed by atoms with van der Waals surface area (Å²) in [5, 5.41) is 3.98. The van der Waals surface area contributed by atoms with Gasteiger partial charge in [0.05, 0.1) is 5.69 Å². The number of hydrogen-bond donors (Lipinski definition) is 0. The number of pyridine rings is 1. The van der Waals surface area contributed by atoms with Crippen LogP contribution in [0.5, 0.6) is 0 Å². The molecule has 0 atom stereocenters. The van der Waals surface area contributed by atoms with Crippen LogP contribution >= 0.6 is 0 Å². The number of hydrogen-bond acceptors (Lipinski definition) is 5. The number of carbonyl (C=O) groups excluding carboxylic acids is 1. The third-order valence-electron chi connectivity index (χ3n) is 4.57. The Balaban J connectivity index is 1.61. The molecule has 0 N–H and O–H groups in total. The van der Waals surface area contributed by atoms with Gasteiger partial charge in [0.2, 0.25) is 0 Å². The van der Waals surface area contributed by atoms with E-state index in [4.69, 9.17) is 4.52 Å². The topological polar surface area (TPSA) is 71.6 Å². The maximum atomic E-state index is 12.5. The summed E-state index contributed by atoms with van der Waals surface area (Å²) in [6, 6.07) is 3.10. The van der Waals surface area contributed by atoms with Gasteiger partial charge in [-0.15, -0.1) is 0 Å². The van der Waals surface area contributed by atoms with Crippen LogP contribution in [0.15, 0.2) is 27.6 Å². The van der Waals surface area contributed by atoms with Gasteiger partial charge in [-0.3, -0.25) is 14.5 Å². The second-order valence-electron chi connectivity index (χ2n) is 6.24. The number of aromatic nitrogens is 2. The Morgan fingerprint density at radius 2 is 1.96 bits per heavy atom. The minimum absolute atomic E-state index is 0.0790. The molecule has 0 aliphatic carbocycles. The van der Waals surface area contributed by atoms with Gasteiger partial charge in [0.15, 0.2) is 0 Å². The first-order valence-corrected chi connectivity index (χ1v) is 8.06. The maximum Gasteiger partial charge on any atom is 0.254 e. The van der Waals surface area contributed by atoms with Gasteiger partial charge in [0.25, 0.3) is 11.5 Å². The fourth-order valence-corrected chi connectivity index (χ4v) is 2.92. The van der Waals surface area contributed by atoms with Crippen molar-refractivity contribution in [1.29, 1.82) is 0 Å². The Kier molecular flexibility index (Phi) is 4.53. The number of aryl methyl sites for hydroxylation is 3. The molecule has 0 radical (unpaired) electrons. The zero-order valence-corrected chi connectivity index (χ0v) is 14.3. The normalized spacial score (nSPS) is 15.7. The molecule has 1 fully saturated rings. The summed E-state index contributed by atoms with van der Waals surface area (Å²) in [5.74, 6) is 0.774. The van der Waals surface area contributed by atoms with E-state index in [0.717, 1.165) is 36.7 Å². The van der Waals surface area contributed by atoms with Crippen LogP contribution in [-0.4, -0.2) is 51.6 Å². The van der Waals surface area contributed by atoms with Gasteiger partial charge in [-0.1, -0.05) is 5.16 Å². The molecule has 0 spiro atoms. The average Bonchev–Trinajstić information content (AvgIpc) is 2.89. The van der Waals surface area contributed by atoms with Crippen LogP contribution in [0.25, 0.3) is 0 Å². The number of piperazine rings is 1. The predicted octanol–water partition coefficient (Wildman–Crippen LogP) is 0.948. The van der Waals surface area contributed by atoms with E-state index in [2.05, 4.69) is 10.1 Å². The standard InChI is InChI=1S/C17H22N4O3/c1-12-15(13(2)24-18-12)11-20-6-8-21(9-7-20)17(23)14-4-5-19(3)16(22)10-14/h4-5,10H,6-9,11H2,1-3H3. The lowest BCUT2D eigenvalue weighted by Crippen LogP contribution is -2.48. The van der Waals surface area contributed by atoms with Crippen LogP contribution in [-0.2, 0) is 13.6 Å². The largest absolute Gasteiger partial charge is 0.361 e. The van der Waals surface area contributed by atoms with Crippen molar-refractivity contribution >= 4 is 5.91 Å². The predicted molar refractivity (Wildman–Crippen MR) is 88.8 cm³/mol. The van der Waals surface area contributed by atoms with Crippen LogP contribution in [0.1, 0.15) is 27.4 Å². The van der Waals surface area contributed by atoms with Crippen LogP contribution in [0.2, 0.25) is 0 Å². The Hall–Kier alpha value is -2.41. The lowest BCUT2D eigenvalue weighted by molar-refractivity contribution is 0.0627. The summed E-state index contributed by atoms with van der Waals surface area (Å²) in [5.41, 5.74) is 2.34. The molecule has 7 heteroatoms. The fraction of sp³-hybridized carbons (Fsp3) is 0.471. The van der Waals surface area contributed by atoms with E-state index in [9.17, 15) is 9.59 Å². The first kappa shape index (κ1) is 16.4. The van der Waals surface area contributed by atoms with E-state index < -0.39 is 0 Å². The van der Waals surface area contributed by atoms with Crippen LogP contribution in [0.3, 0.4) is 0 Å². The summed E-state index contributed by atoms with van der Waals surface area (Å²) in [7, 11) is 1.67. The molecular weight excluding hydrogens is 308 g/mol. The first-order chi connectivity index (χ1) is 11.5. The molecule has 1 amide bonds. The minimum atomic E-state index is -0.169. The summed E-state index contributed by atoms with van der Waals surface area (Å²) < 4.78 is 6.66. The number of carbonyl (C=O) groups is 1. The molecule has 2 aromatic heterocycles. The zero-order chi connectivity index (χ0) is 17.3. The summed E-state index contributed by atoms with van der Waals surface area (Å²) >= 11 is 0. The Labute approximate surface area is 140 Å². The van der Waals surface area contributed by atoms with Gasteiger partial charge in [-0.25, -0.2) is 0 Å². The second kappa shape index (κ2) is 6.60. The van der Waals surface area contributed by atoms with Gasteiger partial charge in [-0.2, -0.15) is 0 Å². The molecule has 1 aliphatic rings. The van der Waals surface area contributed by atoms with E-state index in [1.165, 1.54) is 10.6 Å². The van der Waals surface area contributed by atoms with Gasteiger partial charge in [0.1, 0.15) is 5.76 Å². The van der Waals surface area contributed by atoms with Crippen LogP contribution in [0, 0.1) is 13.8 Å². The van der Waals surface area contributed by atoms with Crippen LogP contribution < -0.4 is 5.56 Å².